The second-order valence-corrected chi connectivity index (χ2v) is 22.0. The van der Waals surface area contributed by atoms with Crippen molar-refractivity contribution in [2.45, 2.75) is 99.6 Å². The summed E-state index contributed by atoms with van der Waals surface area (Å²) in [6.45, 7) is 0.805. The van der Waals surface area contributed by atoms with Gasteiger partial charge >= 0.3 is 5.97 Å². The number of pyridine rings is 2. The Morgan fingerprint density at radius 2 is 1.12 bits per heavy atom. The number of aromatic nitrogens is 2. The van der Waals surface area contributed by atoms with Crippen LogP contribution in [0.2, 0.25) is 10.0 Å². The van der Waals surface area contributed by atoms with Gasteiger partial charge in [-0.25, -0.2) is 13.6 Å². The highest BCUT2D eigenvalue weighted by atomic mass is 35.5. The lowest BCUT2D eigenvalue weighted by molar-refractivity contribution is -0.120. The van der Waals surface area contributed by atoms with Gasteiger partial charge < -0.3 is 58.4 Å². The maximum atomic E-state index is 15.1. The summed E-state index contributed by atoms with van der Waals surface area (Å²) in [6.07, 6.45) is 15.5. The summed E-state index contributed by atoms with van der Waals surface area (Å²) < 4.78 is 40.4. The first-order valence-electron chi connectivity index (χ1n) is 26.8. The van der Waals surface area contributed by atoms with Crippen molar-refractivity contribution in [2.75, 3.05) is 49.4 Å². The fraction of sp³-hybridized carbons (Fsp3) is 0.367. The van der Waals surface area contributed by atoms with Gasteiger partial charge in [-0.1, -0.05) is 61.0 Å². The average molecular weight is 1150 g/mol. The summed E-state index contributed by atoms with van der Waals surface area (Å²) in [6, 6.07) is 24.3. The number of carboxylic acid groups (broad SMARTS) is 1. The molecule has 2 saturated heterocycles. The number of aromatic carboxylic acids is 1. The molecular weight excluding hydrogens is 1080 g/mol. The molecule has 0 radical (unpaired) electrons. The number of nitrogen functional groups attached to an aromatic ring is 2. The maximum absolute atomic E-state index is 15.1. The van der Waals surface area contributed by atoms with Gasteiger partial charge in [0, 0.05) is 64.1 Å². The van der Waals surface area contributed by atoms with Gasteiger partial charge in [-0.3, -0.25) is 24.4 Å². The fourth-order valence-electron chi connectivity index (χ4n) is 10.2. The molecule has 2 aliphatic heterocycles. The highest BCUT2D eigenvalue weighted by molar-refractivity contribution is 6.33. The fourth-order valence-corrected chi connectivity index (χ4v) is 10.4. The Labute approximate surface area is 479 Å². The summed E-state index contributed by atoms with van der Waals surface area (Å²) in [5, 5.41) is 17.8. The lowest BCUT2D eigenvalue weighted by Gasteiger charge is -2.31. The first-order chi connectivity index (χ1) is 38.8. The molecule has 4 fully saturated rings. The number of carbonyl (C=O) groups is 4. The molecule has 6 atom stereocenters. The van der Waals surface area contributed by atoms with Crippen LogP contribution in [0.3, 0.4) is 0 Å². The first-order valence-corrected chi connectivity index (χ1v) is 27.6. The number of anilines is 4. The number of hydrogen-bond donors (Lipinski definition) is 8. The van der Waals surface area contributed by atoms with E-state index in [0.717, 1.165) is 41.9 Å². The number of carboxylic acids is 1. The van der Waals surface area contributed by atoms with E-state index in [4.69, 9.17) is 60.7 Å². The standard InChI is InChI=1S/C30H33ClFN5O3.C23H29FN4O2.C7H6ClNO2/c1-40-22-16-27(37(17-22)29(39)19-4-6-23(31)25(33)14-19)28(38)36-26-15-21(5-7-24(26)32)30(34,11-8-18-2-3-18)20-9-12-35-13-10-20;1-30-18-13-21(27-14-18)22(29)28-20-12-17(4-5-19(20)24)23(25,9-6-15-2-3-15)16-7-10-26-11-8-16;8-5-2-1-4(7(10)11)3-6(5)9/h4-7,9-10,12-15,18,22,27H,2-3,8,11,16-17,33-34H2,1H3,(H,36,38);4-5,7-8,10-12,15,18,21,27H,2-3,6,9,13-14,25H2,1H3,(H,28,29);1-3H,9H2,(H,10,11)/t22-,27-,30?;18-,21-,23?;/m11./s1. The van der Waals surface area contributed by atoms with Crippen molar-refractivity contribution in [1.82, 2.24) is 20.2 Å². The number of carbonyl (C=O) groups excluding carboxylic acids is 3. The zero-order valence-electron chi connectivity index (χ0n) is 45.1. The van der Waals surface area contributed by atoms with Crippen LogP contribution in [0.1, 0.15) is 107 Å². The Morgan fingerprint density at radius 3 is 1.57 bits per heavy atom. The Bertz CT molecular complexity index is 3200. The molecule has 4 aliphatic rings. The molecule has 3 amide bonds. The number of likely N-dealkylation sites (tertiary alicyclic amines) is 1. The summed E-state index contributed by atoms with van der Waals surface area (Å²) in [7, 11) is 3.15. The minimum Gasteiger partial charge on any atom is -0.478 e. The number of ether oxygens (including phenoxy) is 2. The van der Waals surface area contributed by atoms with Gasteiger partial charge in [0.05, 0.1) is 67.7 Å². The topological polar surface area (TPSA) is 276 Å². The van der Waals surface area contributed by atoms with E-state index in [1.165, 1.54) is 80.2 Å². The second-order valence-electron chi connectivity index (χ2n) is 21.1. The molecule has 21 heteroatoms. The van der Waals surface area contributed by atoms with Crippen LogP contribution in [0, 0.1) is 23.5 Å². The summed E-state index contributed by atoms with van der Waals surface area (Å²) in [5.74, 6) is -1.89. The lowest BCUT2D eigenvalue weighted by atomic mass is 9.79. The minimum atomic E-state index is -1.01. The lowest BCUT2D eigenvalue weighted by Crippen LogP contribution is -2.43. The van der Waals surface area contributed by atoms with Crippen molar-refractivity contribution in [3.05, 3.63) is 177 Å². The largest absolute Gasteiger partial charge is 0.478 e. The predicted molar refractivity (Wildman–Crippen MR) is 309 cm³/mol. The third-order valence-corrected chi connectivity index (χ3v) is 16.2. The van der Waals surface area contributed by atoms with Gasteiger partial charge in [-0.15, -0.1) is 0 Å². The zero-order chi connectivity index (χ0) is 58.0. The Balaban J connectivity index is 0.000000184. The molecule has 0 spiro atoms. The molecule has 6 aromatic rings. The molecule has 81 heavy (non-hydrogen) atoms. The summed E-state index contributed by atoms with van der Waals surface area (Å²) in [4.78, 5) is 59.6. The number of benzene rings is 4. The van der Waals surface area contributed by atoms with Gasteiger partial charge in [-0.2, -0.15) is 0 Å². The van der Waals surface area contributed by atoms with Crippen molar-refractivity contribution >= 4 is 69.6 Å². The molecule has 2 aromatic heterocycles. The first kappa shape index (κ1) is 60.0. The van der Waals surface area contributed by atoms with Crippen LogP contribution in [-0.2, 0) is 30.1 Å². The molecule has 428 valence electrons. The molecule has 0 bridgehead atoms. The predicted octanol–water partition coefficient (Wildman–Crippen LogP) is 9.27. The van der Waals surface area contributed by atoms with Crippen LogP contribution < -0.4 is 38.9 Å². The van der Waals surface area contributed by atoms with Gasteiger partial charge in [0.25, 0.3) is 5.91 Å². The van der Waals surface area contributed by atoms with Crippen LogP contribution in [0.25, 0.3) is 0 Å². The van der Waals surface area contributed by atoms with Crippen molar-refractivity contribution in [3.63, 3.8) is 0 Å². The maximum Gasteiger partial charge on any atom is 0.335 e. The number of halogens is 4. The van der Waals surface area contributed by atoms with E-state index < -0.39 is 52.6 Å². The van der Waals surface area contributed by atoms with Crippen molar-refractivity contribution in [1.29, 1.82) is 0 Å². The third kappa shape index (κ3) is 15.1. The van der Waals surface area contributed by atoms with Gasteiger partial charge in [0.15, 0.2) is 0 Å². The molecule has 4 aromatic carbocycles. The van der Waals surface area contributed by atoms with E-state index in [0.29, 0.717) is 46.5 Å². The van der Waals surface area contributed by atoms with Crippen LogP contribution >= 0.6 is 23.2 Å². The van der Waals surface area contributed by atoms with Crippen LogP contribution in [0.15, 0.2) is 122 Å². The molecule has 10 rings (SSSR count). The number of rotatable bonds is 18. The Hall–Kier alpha value is -7.10. The highest BCUT2D eigenvalue weighted by Crippen LogP contribution is 2.42. The number of nitrogens with zero attached hydrogens (tertiary/aromatic N) is 3. The van der Waals surface area contributed by atoms with E-state index in [9.17, 15) is 23.6 Å². The minimum absolute atomic E-state index is 0.00167. The average Bonchev–Trinajstić information content (AvgIpc) is 4.58. The molecule has 17 nitrogen and oxygen atoms in total. The van der Waals surface area contributed by atoms with E-state index in [1.54, 1.807) is 62.2 Å². The number of methoxy groups -OCH3 is 2. The number of amides is 3. The van der Waals surface area contributed by atoms with E-state index in [-0.39, 0.29) is 59.4 Å². The molecule has 4 heterocycles. The quantitative estimate of drug-likeness (QED) is 0.0373. The van der Waals surface area contributed by atoms with E-state index in [1.807, 2.05) is 24.3 Å². The number of hydrogen-bond acceptors (Lipinski definition) is 13. The van der Waals surface area contributed by atoms with Crippen LogP contribution in [-0.4, -0.2) is 95.3 Å². The van der Waals surface area contributed by atoms with Crippen molar-refractivity contribution in [3.8, 4) is 0 Å². The van der Waals surface area contributed by atoms with Gasteiger partial charge in [-0.05, 0) is 151 Å². The third-order valence-electron chi connectivity index (χ3n) is 15.5. The van der Waals surface area contributed by atoms with Crippen molar-refractivity contribution < 1.29 is 42.5 Å². The SMILES string of the molecule is CO[C@@H]1C[C@H](C(=O)Nc2cc(C(N)(CCC3CC3)c3ccncc3)ccc2F)N(C(=O)c2ccc(Cl)c(N)c2)C1.CO[C@H]1CN[C@@H](C(=O)Nc2cc(C(N)(CCC3CC3)c3ccncc3)ccc2F)C1.Nc1cc(C(=O)O)ccc1Cl. The normalized spacial score (nSPS) is 19.9. The zero-order valence-corrected chi connectivity index (χ0v) is 46.6. The molecule has 2 unspecified atom stereocenters. The number of nitrogens with two attached hydrogens (primary N) is 4. The van der Waals surface area contributed by atoms with Gasteiger partial charge in [0.2, 0.25) is 11.8 Å². The van der Waals surface area contributed by atoms with Crippen molar-refractivity contribution in [2.24, 2.45) is 23.3 Å². The molecule has 2 saturated carbocycles. The summed E-state index contributed by atoms with van der Waals surface area (Å²) in [5.41, 5.74) is 27.9. The molecular formula is C60H68Cl2F2N10O7. The highest BCUT2D eigenvalue weighted by Gasteiger charge is 2.41. The smallest absolute Gasteiger partial charge is 0.335 e. The van der Waals surface area contributed by atoms with E-state index >= 15 is 4.39 Å². The summed E-state index contributed by atoms with van der Waals surface area (Å²) >= 11 is 11.6. The number of nitrogens with one attached hydrogen (secondary N) is 3. The van der Waals surface area contributed by atoms with E-state index in [2.05, 4.69) is 25.9 Å². The Morgan fingerprint density at radius 1 is 0.654 bits per heavy atom. The molecule has 12 N–H and O–H groups in total. The van der Waals surface area contributed by atoms with Gasteiger partial charge in [0.1, 0.15) is 17.7 Å². The van der Waals surface area contributed by atoms with Crippen LogP contribution in [0.4, 0.5) is 31.5 Å². The monoisotopic (exact) mass is 1150 g/mol. The molecule has 2 aliphatic carbocycles. The Kier molecular flexibility index (Phi) is 19.7. The van der Waals surface area contributed by atoms with Crippen LogP contribution in [0.5, 0.6) is 0 Å². The second kappa shape index (κ2) is 26.7.